The normalized spacial score (nSPS) is 8.12. The Hall–Kier alpha value is -0.280. The van der Waals surface area contributed by atoms with Crippen LogP contribution in [0.5, 0.6) is 0 Å². The van der Waals surface area contributed by atoms with Gasteiger partial charge in [0.05, 0.1) is 11.6 Å². The molecule has 0 aliphatic heterocycles. The van der Waals surface area contributed by atoms with Crippen molar-refractivity contribution in [2.45, 2.75) is 5.88 Å². The molecule has 0 bridgehead atoms. The molecule has 0 atom stereocenters. The van der Waals surface area contributed by atoms with Crippen molar-refractivity contribution in [1.82, 2.24) is 15.4 Å². The Kier molecular flexibility index (Phi) is 3.56. The molecule has 0 aromatic carbocycles. The highest BCUT2D eigenvalue weighted by atomic mass is 35.5. The molecule has 0 saturated heterocycles. The number of rotatable bonds is 1. The number of alkyl halides is 1. The van der Waals surface area contributed by atoms with Gasteiger partial charge in [0.2, 0.25) is 0 Å². The number of aromatic amines is 1. The molecule has 8 heavy (non-hydrogen) atoms. The fourth-order valence-electron chi connectivity index (χ4n) is 0.291. The second kappa shape index (κ2) is 3.69. The van der Waals surface area contributed by atoms with E-state index in [1.165, 1.54) is 0 Å². The van der Waals surface area contributed by atoms with Gasteiger partial charge in [-0.3, -0.25) is 5.10 Å². The minimum Gasteiger partial charge on any atom is -0.265 e. The molecule has 3 nitrogen and oxygen atoms in total. The Bertz CT molecular complexity index is 127. The van der Waals surface area contributed by atoms with Gasteiger partial charge in [0, 0.05) is 6.20 Å². The number of halogens is 2. The van der Waals surface area contributed by atoms with Gasteiger partial charge in [-0.2, -0.15) is 0 Å². The summed E-state index contributed by atoms with van der Waals surface area (Å²) in [7, 11) is 0. The quantitative estimate of drug-likeness (QED) is 0.612. The van der Waals surface area contributed by atoms with Gasteiger partial charge in [0.1, 0.15) is 0 Å². The molecule has 0 saturated carbocycles. The first-order valence-electron chi connectivity index (χ1n) is 1.85. The summed E-state index contributed by atoms with van der Waals surface area (Å²) in [5.41, 5.74) is 0.779. The standard InChI is InChI=1S/C3H4ClN3.ClH/c4-1-3-2-5-7-6-3;/h2H,1H2,(H,5,6,7);1H. The van der Waals surface area contributed by atoms with Crippen LogP contribution in [-0.2, 0) is 5.88 Å². The summed E-state index contributed by atoms with van der Waals surface area (Å²) in [6, 6.07) is 0. The molecule has 0 radical (unpaired) electrons. The highest BCUT2D eigenvalue weighted by Gasteiger charge is 1.86. The molecule has 1 aromatic rings. The molecule has 1 N–H and O–H groups in total. The summed E-state index contributed by atoms with van der Waals surface area (Å²) in [5, 5.41) is 9.57. The third-order valence-corrected chi connectivity index (χ3v) is 0.878. The molecule has 0 spiro atoms. The maximum Gasteiger partial charge on any atom is 0.0971 e. The number of hydrogen-bond donors (Lipinski definition) is 1. The SMILES string of the molecule is Cl.ClCc1c[nH]nn1. The summed E-state index contributed by atoms with van der Waals surface area (Å²) >= 11 is 5.35. The lowest BCUT2D eigenvalue weighted by molar-refractivity contribution is 0.925. The van der Waals surface area contributed by atoms with Crippen LogP contribution in [0.3, 0.4) is 0 Å². The van der Waals surface area contributed by atoms with Crippen molar-refractivity contribution >= 4 is 24.0 Å². The van der Waals surface area contributed by atoms with Crippen LogP contribution in [0.25, 0.3) is 0 Å². The first-order valence-corrected chi connectivity index (χ1v) is 2.38. The maximum absolute atomic E-state index is 5.35. The molecule has 1 rings (SSSR count). The van der Waals surface area contributed by atoms with E-state index in [0.29, 0.717) is 5.88 Å². The zero-order chi connectivity index (χ0) is 5.11. The van der Waals surface area contributed by atoms with Crippen molar-refractivity contribution in [2.24, 2.45) is 0 Å². The highest BCUT2D eigenvalue weighted by Crippen LogP contribution is 1.91. The predicted octanol–water partition coefficient (Wildman–Crippen LogP) is 0.965. The van der Waals surface area contributed by atoms with Crippen LogP contribution >= 0.6 is 24.0 Å². The Morgan fingerprint density at radius 2 is 2.50 bits per heavy atom. The molecule has 5 heteroatoms. The first kappa shape index (κ1) is 7.72. The third kappa shape index (κ3) is 1.68. The van der Waals surface area contributed by atoms with Crippen molar-refractivity contribution in [1.29, 1.82) is 0 Å². The monoisotopic (exact) mass is 153 g/mol. The van der Waals surface area contributed by atoms with Crippen LogP contribution in [0, 0.1) is 0 Å². The number of nitrogens with zero attached hydrogens (tertiary/aromatic N) is 2. The summed E-state index contributed by atoms with van der Waals surface area (Å²) in [5.74, 6) is 0.427. The molecular formula is C3H5Cl2N3. The number of aromatic nitrogens is 3. The summed E-state index contributed by atoms with van der Waals surface area (Å²) in [4.78, 5) is 0. The molecule has 1 heterocycles. The highest BCUT2D eigenvalue weighted by molar-refractivity contribution is 6.16. The van der Waals surface area contributed by atoms with Gasteiger partial charge in [0.25, 0.3) is 0 Å². The molecule has 0 aliphatic rings. The van der Waals surface area contributed by atoms with Crippen LogP contribution in [0.4, 0.5) is 0 Å². The van der Waals surface area contributed by atoms with Gasteiger partial charge in [-0.1, -0.05) is 5.21 Å². The van der Waals surface area contributed by atoms with Crippen LogP contribution in [0.15, 0.2) is 6.20 Å². The lowest BCUT2D eigenvalue weighted by atomic mass is 10.6. The van der Waals surface area contributed by atoms with E-state index in [4.69, 9.17) is 11.6 Å². The lowest BCUT2D eigenvalue weighted by Crippen LogP contribution is -1.73. The second-order valence-corrected chi connectivity index (χ2v) is 1.37. The van der Waals surface area contributed by atoms with E-state index in [1.807, 2.05) is 0 Å². The fourth-order valence-corrected chi connectivity index (χ4v) is 0.421. The molecule has 0 fully saturated rings. The van der Waals surface area contributed by atoms with Gasteiger partial charge in [-0.15, -0.1) is 29.1 Å². The topological polar surface area (TPSA) is 41.6 Å². The van der Waals surface area contributed by atoms with Gasteiger partial charge >= 0.3 is 0 Å². The van der Waals surface area contributed by atoms with E-state index in [1.54, 1.807) is 6.20 Å². The Morgan fingerprint density at radius 1 is 1.75 bits per heavy atom. The van der Waals surface area contributed by atoms with E-state index in [0.717, 1.165) is 5.69 Å². The van der Waals surface area contributed by atoms with Crippen LogP contribution in [0.2, 0.25) is 0 Å². The van der Waals surface area contributed by atoms with E-state index >= 15 is 0 Å². The van der Waals surface area contributed by atoms with Crippen LogP contribution in [-0.4, -0.2) is 15.4 Å². The van der Waals surface area contributed by atoms with Gasteiger partial charge in [-0.25, -0.2) is 0 Å². The first-order chi connectivity index (χ1) is 3.43. The number of hydrogen-bond acceptors (Lipinski definition) is 2. The second-order valence-electron chi connectivity index (χ2n) is 1.10. The lowest BCUT2D eigenvalue weighted by Gasteiger charge is -1.72. The Morgan fingerprint density at radius 3 is 2.75 bits per heavy atom. The van der Waals surface area contributed by atoms with Crippen LogP contribution < -0.4 is 0 Å². The van der Waals surface area contributed by atoms with Crippen molar-refractivity contribution < 1.29 is 0 Å². The zero-order valence-corrected chi connectivity index (χ0v) is 5.54. The summed E-state index contributed by atoms with van der Waals surface area (Å²) in [6.07, 6.45) is 1.66. The fraction of sp³-hybridized carbons (Fsp3) is 0.333. The molecule has 0 aliphatic carbocycles. The number of nitrogens with one attached hydrogen (secondary N) is 1. The zero-order valence-electron chi connectivity index (χ0n) is 3.97. The summed E-state index contributed by atoms with van der Waals surface area (Å²) < 4.78 is 0. The van der Waals surface area contributed by atoms with E-state index in [9.17, 15) is 0 Å². The maximum atomic E-state index is 5.35. The molecule has 1 aromatic heterocycles. The number of H-pyrrole nitrogens is 1. The minimum atomic E-state index is 0. The Balaban J connectivity index is 0.000000490. The van der Waals surface area contributed by atoms with Gasteiger partial charge in [-0.05, 0) is 0 Å². The third-order valence-electron chi connectivity index (χ3n) is 0.604. The van der Waals surface area contributed by atoms with Crippen molar-refractivity contribution in [3.8, 4) is 0 Å². The Labute approximate surface area is 57.8 Å². The van der Waals surface area contributed by atoms with E-state index < -0.39 is 0 Å². The molecular weight excluding hydrogens is 149 g/mol. The smallest absolute Gasteiger partial charge is 0.0971 e. The van der Waals surface area contributed by atoms with E-state index in [-0.39, 0.29) is 12.4 Å². The largest absolute Gasteiger partial charge is 0.265 e. The minimum absolute atomic E-state index is 0. The van der Waals surface area contributed by atoms with Crippen LogP contribution in [0.1, 0.15) is 5.69 Å². The average molecular weight is 154 g/mol. The summed E-state index contributed by atoms with van der Waals surface area (Å²) in [6.45, 7) is 0. The van der Waals surface area contributed by atoms with Crippen molar-refractivity contribution in [3.63, 3.8) is 0 Å². The van der Waals surface area contributed by atoms with Gasteiger partial charge < -0.3 is 0 Å². The van der Waals surface area contributed by atoms with E-state index in [2.05, 4.69) is 15.4 Å². The average Bonchev–Trinajstić information content (AvgIpc) is 2.14. The van der Waals surface area contributed by atoms with Crippen molar-refractivity contribution in [3.05, 3.63) is 11.9 Å². The molecule has 0 amide bonds. The molecule has 46 valence electrons. The van der Waals surface area contributed by atoms with Gasteiger partial charge in [0.15, 0.2) is 0 Å². The predicted molar refractivity (Wildman–Crippen MR) is 33.2 cm³/mol. The van der Waals surface area contributed by atoms with Crippen molar-refractivity contribution in [2.75, 3.05) is 0 Å². The molecule has 0 unspecified atom stereocenters.